The number of benzene rings is 1. The molecule has 0 radical (unpaired) electrons. The lowest BCUT2D eigenvalue weighted by atomic mass is 10.1. The number of hydrogen-bond donors (Lipinski definition) is 1. The van der Waals surface area contributed by atoms with E-state index in [2.05, 4.69) is 0 Å². The highest BCUT2D eigenvalue weighted by molar-refractivity contribution is 8.13. The highest BCUT2D eigenvalue weighted by Crippen LogP contribution is 2.28. The smallest absolute Gasteiger partial charge is 0.261 e. The minimum atomic E-state index is -3.81. The van der Waals surface area contributed by atoms with Gasteiger partial charge >= 0.3 is 0 Å². The minimum Gasteiger partial charge on any atom is -0.481 e. The Kier molecular flexibility index (Phi) is 4.81. The third kappa shape index (κ3) is 3.84. The molecule has 0 heterocycles. The molecular formula is C12H16ClNO4S. The van der Waals surface area contributed by atoms with Crippen molar-refractivity contribution < 1.29 is 17.9 Å². The number of carbonyl (C=O) groups is 1. The van der Waals surface area contributed by atoms with E-state index in [1.54, 1.807) is 20.8 Å². The van der Waals surface area contributed by atoms with Crippen LogP contribution in [0.25, 0.3) is 0 Å². The van der Waals surface area contributed by atoms with Gasteiger partial charge in [-0.1, -0.05) is 6.92 Å². The summed E-state index contributed by atoms with van der Waals surface area (Å²) in [6.45, 7) is 4.99. The maximum atomic E-state index is 11.4. The predicted molar refractivity (Wildman–Crippen MR) is 72.9 cm³/mol. The Balaban J connectivity index is 3.19. The molecule has 0 saturated heterocycles. The molecule has 1 unspecified atom stereocenters. The van der Waals surface area contributed by atoms with Gasteiger partial charge in [0.05, 0.1) is 4.90 Å². The van der Waals surface area contributed by atoms with Crippen molar-refractivity contribution in [1.29, 1.82) is 0 Å². The van der Waals surface area contributed by atoms with Crippen LogP contribution in [0.4, 0.5) is 0 Å². The summed E-state index contributed by atoms with van der Waals surface area (Å²) < 4.78 is 28.3. The average Bonchev–Trinajstić information content (AvgIpc) is 2.22. The third-order valence-corrected chi connectivity index (χ3v) is 4.24. The Morgan fingerprint density at radius 2 is 1.84 bits per heavy atom. The molecule has 0 aliphatic heterocycles. The first-order valence-electron chi connectivity index (χ1n) is 5.68. The molecule has 1 amide bonds. The molecule has 0 aliphatic carbocycles. The van der Waals surface area contributed by atoms with Gasteiger partial charge in [-0.3, -0.25) is 4.79 Å². The van der Waals surface area contributed by atoms with Crippen LogP contribution >= 0.6 is 10.7 Å². The number of amides is 1. The molecule has 0 spiro atoms. The molecule has 0 saturated carbocycles. The standard InChI is InChI=1S/C12H16ClNO4S/c1-4-10(12(14)15)18-9-5-7(2)11(8(3)6-9)19(13,16)17/h5-6,10H,4H2,1-3H3,(H2,14,15). The molecule has 5 nitrogen and oxygen atoms in total. The predicted octanol–water partition coefficient (Wildman–Crippen LogP) is 1.87. The summed E-state index contributed by atoms with van der Waals surface area (Å²) in [5, 5.41) is 0. The SMILES string of the molecule is CCC(Oc1cc(C)c(S(=O)(=O)Cl)c(C)c1)C(N)=O. The van der Waals surface area contributed by atoms with Crippen molar-refractivity contribution in [1.82, 2.24) is 0 Å². The van der Waals surface area contributed by atoms with Crippen molar-refractivity contribution in [3.8, 4) is 5.75 Å². The number of hydrogen-bond acceptors (Lipinski definition) is 4. The molecule has 1 atom stereocenters. The van der Waals surface area contributed by atoms with Gasteiger partial charge in [-0.15, -0.1) is 0 Å². The van der Waals surface area contributed by atoms with Crippen molar-refractivity contribution in [2.45, 2.75) is 38.2 Å². The Hall–Kier alpha value is -1.27. The fourth-order valence-corrected chi connectivity index (χ4v) is 3.49. The molecule has 0 bridgehead atoms. The molecule has 7 heteroatoms. The monoisotopic (exact) mass is 305 g/mol. The zero-order valence-corrected chi connectivity index (χ0v) is 12.5. The van der Waals surface area contributed by atoms with E-state index < -0.39 is 21.1 Å². The molecule has 1 aromatic carbocycles. The quantitative estimate of drug-likeness (QED) is 0.841. The van der Waals surface area contributed by atoms with E-state index in [-0.39, 0.29) is 4.90 Å². The van der Waals surface area contributed by atoms with Gasteiger partial charge in [-0.2, -0.15) is 0 Å². The van der Waals surface area contributed by atoms with Crippen LogP contribution in [-0.2, 0) is 13.8 Å². The number of aryl methyl sites for hydroxylation is 2. The van der Waals surface area contributed by atoms with Gasteiger partial charge < -0.3 is 10.5 Å². The second-order valence-corrected chi connectivity index (χ2v) is 6.74. The highest BCUT2D eigenvalue weighted by Gasteiger charge is 2.20. The third-order valence-electron chi connectivity index (χ3n) is 2.64. The second kappa shape index (κ2) is 5.79. The maximum absolute atomic E-state index is 11.4. The first kappa shape index (κ1) is 15.8. The molecule has 0 aliphatic rings. The van der Waals surface area contributed by atoms with Crippen LogP contribution in [0.3, 0.4) is 0 Å². The van der Waals surface area contributed by atoms with Crippen LogP contribution in [0, 0.1) is 13.8 Å². The summed E-state index contributed by atoms with van der Waals surface area (Å²) >= 11 is 0. The van der Waals surface area contributed by atoms with Crippen LogP contribution in [-0.4, -0.2) is 20.4 Å². The van der Waals surface area contributed by atoms with Crippen molar-refractivity contribution in [3.63, 3.8) is 0 Å². The van der Waals surface area contributed by atoms with E-state index in [9.17, 15) is 13.2 Å². The average molecular weight is 306 g/mol. The van der Waals surface area contributed by atoms with E-state index in [1.807, 2.05) is 0 Å². The van der Waals surface area contributed by atoms with Crippen LogP contribution < -0.4 is 10.5 Å². The topological polar surface area (TPSA) is 86.5 Å². The number of nitrogens with two attached hydrogens (primary N) is 1. The summed E-state index contributed by atoms with van der Waals surface area (Å²) in [5.41, 5.74) is 6.11. The lowest BCUT2D eigenvalue weighted by Gasteiger charge is -2.16. The summed E-state index contributed by atoms with van der Waals surface area (Å²) in [5.74, 6) is -0.170. The van der Waals surface area contributed by atoms with Gasteiger partial charge in [-0.05, 0) is 43.5 Å². The molecule has 0 aromatic heterocycles. The van der Waals surface area contributed by atoms with Crippen molar-refractivity contribution >= 4 is 25.6 Å². The molecule has 0 fully saturated rings. The van der Waals surface area contributed by atoms with Crippen molar-refractivity contribution in [2.75, 3.05) is 0 Å². The lowest BCUT2D eigenvalue weighted by Crippen LogP contribution is -2.33. The zero-order chi connectivity index (χ0) is 14.8. The first-order valence-corrected chi connectivity index (χ1v) is 7.99. The minimum absolute atomic E-state index is 0.0636. The molecule has 2 N–H and O–H groups in total. The Morgan fingerprint density at radius 1 is 1.37 bits per heavy atom. The summed E-state index contributed by atoms with van der Waals surface area (Å²) in [4.78, 5) is 11.2. The maximum Gasteiger partial charge on any atom is 0.261 e. The molecule has 1 rings (SSSR count). The van der Waals surface area contributed by atoms with Crippen LogP contribution in [0.1, 0.15) is 24.5 Å². The number of ether oxygens (including phenoxy) is 1. The molecule has 106 valence electrons. The van der Waals surface area contributed by atoms with Crippen LogP contribution in [0.5, 0.6) is 5.75 Å². The Labute approximate surface area is 117 Å². The van der Waals surface area contributed by atoms with E-state index in [4.69, 9.17) is 21.2 Å². The normalized spacial score (nSPS) is 13.1. The summed E-state index contributed by atoms with van der Waals surface area (Å²) in [6.07, 6.45) is -0.305. The van der Waals surface area contributed by atoms with Gasteiger partial charge in [0, 0.05) is 10.7 Å². The van der Waals surface area contributed by atoms with E-state index in [1.165, 1.54) is 12.1 Å². The number of rotatable bonds is 5. The van der Waals surface area contributed by atoms with Gasteiger partial charge in [0.15, 0.2) is 6.10 Å². The summed E-state index contributed by atoms with van der Waals surface area (Å²) in [6, 6.07) is 3.04. The summed E-state index contributed by atoms with van der Waals surface area (Å²) in [7, 11) is 1.56. The molecule has 19 heavy (non-hydrogen) atoms. The van der Waals surface area contributed by atoms with Gasteiger partial charge in [-0.25, -0.2) is 8.42 Å². The number of carbonyl (C=O) groups excluding carboxylic acids is 1. The first-order chi connectivity index (χ1) is 8.66. The largest absolute Gasteiger partial charge is 0.481 e. The van der Waals surface area contributed by atoms with E-state index in [0.29, 0.717) is 23.3 Å². The Morgan fingerprint density at radius 3 is 2.16 bits per heavy atom. The Bertz CT molecular complexity index is 575. The highest BCUT2D eigenvalue weighted by atomic mass is 35.7. The fraction of sp³-hybridized carbons (Fsp3) is 0.417. The second-order valence-electron chi connectivity index (χ2n) is 4.24. The number of primary amides is 1. The molecular weight excluding hydrogens is 290 g/mol. The van der Waals surface area contributed by atoms with Crippen molar-refractivity contribution in [3.05, 3.63) is 23.3 Å². The van der Waals surface area contributed by atoms with Gasteiger partial charge in [0.25, 0.3) is 15.0 Å². The number of halogens is 1. The van der Waals surface area contributed by atoms with E-state index in [0.717, 1.165) is 0 Å². The lowest BCUT2D eigenvalue weighted by molar-refractivity contribution is -0.124. The zero-order valence-electron chi connectivity index (χ0n) is 10.9. The fourth-order valence-electron chi connectivity index (χ4n) is 1.87. The van der Waals surface area contributed by atoms with Crippen molar-refractivity contribution in [2.24, 2.45) is 5.73 Å². The van der Waals surface area contributed by atoms with Crippen LogP contribution in [0.15, 0.2) is 17.0 Å². The van der Waals surface area contributed by atoms with Gasteiger partial charge in [0.2, 0.25) is 0 Å². The van der Waals surface area contributed by atoms with E-state index >= 15 is 0 Å². The molecule has 1 aromatic rings. The van der Waals surface area contributed by atoms with Gasteiger partial charge in [0.1, 0.15) is 5.75 Å². The van der Waals surface area contributed by atoms with Crippen LogP contribution in [0.2, 0.25) is 0 Å².